The van der Waals surface area contributed by atoms with Gasteiger partial charge in [-0.25, -0.2) is 0 Å². The van der Waals surface area contributed by atoms with Crippen molar-refractivity contribution < 1.29 is 4.79 Å². The normalized spacial score (nSPS) is 13.6. The Hall–Kier alpha value is -1.51. The smallest absolute Gasteiger partial charge is 0.241 e. The van der Waals surface area contributed by atoms with Crippen LogP contribution < -0.4 is 5.32 Å². The van der Waals surface area contributed by atoms with E-state index in [1.54, 1.807) is 36.0 Å². The lowest BCUT2D eigenvalue weighted by Crippen LogP contribution is -2.45. The Labute approximate surface area is 125 Å². The van der Waals surface area contributed by atoms with Crippen LogP contribution in [0.25, 0.3) is 0 Å². The highest BCUT2D eigenvalue weighted by atomic mass is 32.2. The molecule has 0 fully saturated rings. The maximum atomic E-state index is 12.3. The number of nitrogens with zero attached hydrogens (tertiary/aromatic N) is 2. The number of thioether (sulfide) groups is 1. The summed E-state index contributed by atoms with van der Waals surface area (Å²) in [6.07, 6.45) is 2.05. The molecule has 108 valence electrons. The Balaban J connectivity index is 2.73. The van der Waals surface area contributed by atoms with Gasteiger partial charge in [0, 0.05) is 11.8 Å². The van der Waals surface area contributed by atoms with Crippen LogP contribution in [-0.2, 0) is 4.79 Å². The van der Waals surface area contributed by atoms with Crippen LogP contribution in [0.4, 0.5) is 5.69 Å². The molecule has 0 aliphatic carbocycles. The van der Waals surface area contributed by atoms with E-state index in [9.17, 15) is 4.79 Å². The van der Waals surface area contributed by atoms with E-state index in [2.05, 4.69) is 24.6 Å². The minimum absolute atomic E-state index is 0.0943. The summed E-state index contributed by atoms with van der Waals surface area (Å²) in [7, 11) is 1.95. The Kier molecular flexibility index (Phi) is 6.56. The van der Waals surface area contributed by atoms with E-state index in [-0.39, 0.29) is 11.9 Å². The second-order valence-electron chi connectivity index (χ2n) is 4.79. The molecule has 1 rings (SSSR count). The van der Waals surface area contributed by atoms with Crippen LogP contribution in [0.3, 0.4) is 0 Å². The first-order valence-corrected chi connectivity index (χ1v) is 7.91. The first-order chi connectivity index (χ1) is 9.51. The van der Waals surface area contributed by atoms with Crippen molar-refractivity contribution in [2.75, 3.05) is 24.4 Å². The summed E-state index contributed by atoms with van der Waals surface area (Å²) >= 11 is 1.76. The quantitative estimate of drug-likeness (QED) is 0.875. The fourth-order valence-electron chi connectivity index (χ4n) is 1.85. The molecule has 1 aromatic rings. The molecule has 1 amide bonds. The molecule has 4 nitrogen and oxygen atoms in total. The molecular weight excluding hydrogens is 270 g/mol. The van der Waals surface area contributed by atoms with Gasteiger partial charge in [0.15, 0.2) is 0 Å². The van der Waals surface area contributed by atoms with Crippen LogP contribution in [0.2, 0.25) is 0 Å². The fraction of sp³-hybridized carbons (Fsp3) is 0.467. The molecule has 20 heavy (non-hydrogen) atoms. The van der Waals surface area contributed by atoms with E-state index < -0.39 is 0 Å². The first-order valence-electron chi connectivity index (χ1n) is 6.52. The maximum Gasteiger partial charge on any atom is 0.241 e. The lowest BCUT2D eigenvalue weighted by atomic mass is 10.1. The van der Waals surface area contributed by atoms with Crippen molar-refractivity contribution in [1.29, 1.82) is 5.26 Å². The molecule has 0 aliphatic rings. The lowest BCUT2D eigenvalue weighted by molar-refractivity contribution is -0.120. The summed E-state index contributed by atoms with van der Waals surface area (Å²) in [6.45, 7) is 3.98. The summed E-state index contributed by atoms with van der Waals surface area (Å²) in [6, 6.07) is 9.18. The predicted octanol–water partition coefficient (Wildman–Crippen LogP) is 2.57. The van der Waals surface area contributed by atoms with Crippen molar-refractivity contribution >= 4 is 23.4 Å². The predicted molar refractivity (Wildman–Crippen MR) is 84.9 cm³/mol. The van der Waals surface area contributed by atoms with E-state index in [0.717, 1.165) is 5.75 Å². The highest BCUT2D eigenvalue weighted by molar-refractivity contribution is 7.98. The molecule has 0 aliphatic heterocycles. The van der Waals surface area contributed by atoms with E-state index in [1.165, 1.54) is 0 Å². The van der Waals surface area contributed by atoms with E-state index in [4.69, 9.17) is 5.26 Å². The summed E-state index contributed by atoms with van der Waals surface area (Å²) in [5, 5.41) is 11.9. The number of nitrogens with one attached hydrogen (secondary N) is 1. The van der Waals surface area contributed by atoms with Gasteiger partial charge < -0.3 is 5.32 Å². The molecule has 0 saturated heterocycles. The molecule has 1 N–H and O–H groups in total. The summed E-state index contributed by atoms with van der Waals surface area (Å²) in [4.78, 5) is 14.3. The zero-order valence-corrected chi connectivity index (χ0v) is 13.2. The average molecular weight is 291 g/mol. The second-order valence-corrected chi connectivity index (χ2v) is 5.70. The van der Waals surface area contributed by atoms with Crippen molar-refractivity contribution in [1.82, 2.24) is 4.90 Å². The highest BCUT2D eigenvalue weighted by Crippen LogP contribution is 2.15. The number of hydrogen-bond acceptors (Lipinski definition) is 4. The number of para-hydroxylation sites is 1. The van der Waals surface area contributed by atoms with Gasteiger partial charge in [-0.2, -0.15) is 17.0 Å². The standard InChI is InChI=1S/C15H21N3OS/c1-11(10-20-4)18(3)12(2)15(19)17-14-8-6-5-7-13(14)9-16/h5-8,11-12H,10H2,1-4H3,(H,17,19). The topological polar surface area (TPSA) is 56.1 Å². The molecule has 0 aromatic heterocycles. The lowest BCUT2D eigenvalue weighted by Gasteiger charge is -2.29. The number of rotatable bonds is 6. The van der Waals surface area contributed by atoms with Gasteiger partial charge >= 0.3 is 0 Å². The molecule has 1 aromatic carbocycles. The molecule has 0 radical (unpaired) electrons. The molecular formula is C15H21N3OS. The van der Waals surface area contributed by atoms with Gasteiger partial charge in [0.25, 0.3) is 0 Å². The number of anilines is 1. The van der Waals surface area contributed by atoms with Gasteiger partial charge in [-0.1, -0.05) is 12.1 Å². The third-order valence-electron chi connectivity index (χ3n) is 3.40. The minimum atomic E-state index is -0.246. The number of carbonyl (C=O) groups is 1. The fourth-order valence-corrected chi connectivity index (χ4v) is 2.57. The van der Waals surface area contributed by atoms with Crippen LogP contribution in [0.15, 0.2) is 24.3 Å². The monoisotopic (exact) mass is 291 g/mol. The van der Waals surface area contributed by atoms with Gasteiger partial charge in [-0.05, 0) is 39.3 Å². The number of amides is 1. The van der Waals surface area contributed by atoms with Gasteiger partial charge in [0.05, 0.1) is 17.3 Å². The Morgan fingerprint density at radius 1 is 1.45 bits per heavy atom. The Morgan fingerprint density at radius 2 is 2.10 bits per heavy atom. The zero-order chi connectivity index (χ0) is 15.1. The second kappa shape index (κ2) is 7.93. The average Bonchev–Trinajstić information content (AvgIpc) is 2.46. The van der Waals surface area contributed by atoms with Crippen molar-refractivity contribution in [2.45, 2.75) is 25.9 Å². The highest BCUT2D eigenvalue weighted by Gasteiger charge is 2.22. The SMILES string of the molecule is CSCC(C)N(C)C(C)C(=O)Nc1ccccc1C#N. The van der Waals surface area contributed by atoms with Crippen molar-refractivity contribution in [3.05, 3.63) is 29.8 Å². The number of carbonyl (C=O) groups excluding carboxylic acids is 1. The van der Waals surface area contributed by atoms with Gasteiger partial charge in [0.2, 0.25) is 5.91 Å². The summed E-state index contributed by atoms with van der Waals surface area (Å²) in [5.74, 6) is 0.881. The summed E-state index contributed by atoms with van der Waals surface area (Å²) in [5.41, 5.74) is 1.05. The van der Waals surface area contributed by atoms with E-state index >= 15 is 0 Å². The van der Waals surface area contributed by atoms with Crippen LogP contribution in [0.5, 0.6) is 0 Å². The van der Waals surface area contributed by atoms with E-state index in [0.29, 0.717) is 17.3 Å². The van der Waals surface area contributed by atoms with Crippen LogP contribution >= 0.6 is 11.8 Å². The molecule has 0 saturated carbocycles. The molecule has 2 atom stereocenters. The van der Waals surface area contributed by atoms with E-state index in [1.807, 2.05) is 18.9 Å². The van der Waals surface area contributed by atoms with Crippen LogP contribution in [0.1, 0.15) is 19.4 Å². The Bertz CT molecular complexity index is 498. The molecule has 0 heterocycles. The maximum absolute atomic E-state index is 12.3. The molecule has 5 heteroatoms. The molecule has 0 bridgehead atoms. The molecule has 2 unspecified atom stereocenters. The van der Waals surface area contributed by atoms with Crippen molar-refractivity contribution in [3.8, 4) is 6.07 Å². The van der Waals surface area contributed by atoms with Gasteiger partial charge in [-0.15, -0.1) is 0 Å². The summed E-state index contributed by atoms with van der Waals surface area (Å²) < 4.78 is 0. The number of likely N-dealkylation sites (N-methyl/N-ethyl adjacent to an activating group) is 1. The van der Waals surface area contributed by atoms with Gasteiger partial charge in [-0.3, -0.25) is 9.69 Å². The van der Waals surface area contributed by atoms with Crippen molar-refractivity contribution in [2.24, 2.45) is 0 Å². The number of hydrogen-bond donors (Lipinski definition) is 1. The first kappa shape index (κ1) is 16.5. The van der Waals surface area contributed by atoms with Crippen LogP contribution in [0, 0.1) is 11.3 Å². The van der Waals surface area contributed by atoms with Crippen molar-refractivity contribution in [3.63, 3.8) is 0 Å². The largest absolute Gasteiger partial charge is 0.324 e. The Morgan fingerprint density at radius 3 is 2.70 bits per heavy atom. The zero-order valence-electron chi connectivity index (χ0n) is 12.4. The minimum Gasteiger partial charge on any atom is -0.324 e. The number of nitriles is 1. The third-order valence-corrected chi connectivity index (χ3v) is 4.21. The third kappa shape index (κ3) is 4.26. The molecule has 0 spiro atoms. The number of benzene rings is 1. The van der Waals surface area contributed by atoms with Gasteiger partial charge in [0.1, 0.15) is 6.07 Å². The van der Waals surface area contributed by atoms with Crippen LogP contribution in [-0.4, -0.2) is 41.9 Å².